The number of carbonyl (C=O) groups excluding carboxylic acids is 2. The van der Waals surface area contributed by atoms with Gasteiger partial charge in [-0.15, -0.1) is 0 Å². The van der Waals surface area contributed by atoms with Crippen molar-refractivity contribution < 1.29 is 47.8 Å². The third kappa shape index (κ3) is 34.1. The van der Waals surface area contributed by atoms with Crippen LogP contribution >= 0.6 is 7.82 Å². The number of aliphatic hydroxyl groups excluding tert-OH is 1. The van der Waals surface area contributed by atoms with E-state index < -0.39 is 57.6 Å². The lowest BCUT2D eigenvalue weighted by Gasteiger charge is -2.18. The highest BCUT2D eigenvalue weighted by atomic mass is 31.2. The quantitative estimate of drug-likeness (QED) is 0.0217. The Kier molecular flexibility index (Phi) is 32.4. The van der Waals surface area contributed by atoms with Crippen molar-refractivity contribution in [2.75, 3.05) is 19.8 Å². The average molecular weight is 740 g/mol. The Morgan fingerprint density at radius 3 is 1.67 bits per heavy atom. The van der Waals surface area contributed by atoms with E-state index in [9.17, 15) is 34.1 Å². The minimum absolute atomic E-state index is 0.0650. The molecule has 12 heteroatoms. The molecule has 11 nitrogen and oxygen atoms in total. The number of hydrogen-bond acceptors (Lipinski definition) is 8. The van der Waals surface area contributed by atoms with E-state index in [-0.39, 0.29) is 12.8 Å². The summed E-state index contributed by atoms with van der Waals surface area (Å²) in [6.45, 7) is 2.38. The number of unbranched alkanes of at least 4 members (excludes halogenated alkanes) is 10. The van der Waals surface area contributed by atoms with Crippen molar-refractivity contribution in [3.05, 3.63) is 60.8 Å². The van der Waals surface area contributed by atoms with E-state index in [0.29, 0.717) is 19.3 Å². The van der Waals surface area contributed by atoms with Gasteiger partial charge in [0.2, 0.25) is 5.91 Å². The van der Waals surface area contributed by atoms with E-state index in [4.69, 9.17) is 13.8 Å². The Labute approximate surface area is 306 Å². The number of aliphatic hydroxyl groups is 1. The molecule has 292 valence electrons. The van der Waals surface area contributed by atoms with Crippen LogP contribution in [0.2, 0.25) is 0 Å². The van der Waals surface area contributed by atoms with Gasteiger partial charge in [-0.3, -0.25) is 18.6 Å². The Morgan fingerprint density at radius 2 is 1.14 bits per heavy atom. The van der Waals surface area contributed by atoms with Gasteiger partial charge in [-0.25, -0.2) is 9.36 Å². The highest BCUT2D eigenvalue weighted by molar-refractivity contribution is 7.47. The number of hydrogen-bond donors (Lipinski definition) is 4. The van der Waals surface area contributed by atoms with Gasteiger partial charge in [-0.1, -0.05) is 132 Å². The summed E-state index contributed by atoms with van der Waals surface area (Å²) in [7, 11) is -4.76. The molecule has 0 spiro atoms. The maximum absolute atomic E-state index is 12.2. The smallest absolute Gasteiger partial charge is 0.472 e. The summed E-state index contributed by atoms with van der Waals surface area (Å²) in [5, 5.41) is 21.7. The fourth-order valence-electron chi connectivity index (χ4n) is 4.64. The fraction of sp³-hybridized carbons (Fsp3) is 0.667. The Bertz CT molecular complexity index is 1100. The van der Waals surface area contributed by atoms with Crippen molar-refractivity contribution in [2.45, 2.75) is 148 Å². The van der Waals surface area contributed by atoms with Gasteiger partial charge in [0.1, 0.15) is 12.7 Å². The van der Waals surface area contributed by atoms with Crippen LogP contribution in [-0.4, -0.2) is 64.9 Å². The van der Waals surface area contributed by atoms with Crippen molar-refractivity contribution in [3.8, 4) is 0 Å². The van der Waals surface area contributed by atoms with Crippen molar-refractivity contribution in [2.24, 2.45) is 0 Å². The van der Waals surface area contributed by atoms with Crippen LogP contribution in [0.4, 0.5) is 0 Å². The normalized spacial score (nSPS) is 14.6. The number of phosphoric ester groups is 1. The van der Waals surface area contributed by atoms with Crippen molar-refractivity contribution in [1.82, 2.24) is 5.32 Å². The lowest BCUT2D eigenvalue weighted by atomic mass is 10.1. The molecule has 0 fully saturated rings. The topological polar surface area (TPSA) is 169 Å². The SMILES string of the molecule is CC/C=C\C/C=C\C/C=C\C/C=C\C/C=C\CCCC(=O)NC(COP(=O)(O)OCC(O)COC(=O)CCCCCCCCCCCC)C(=O)O. The van der Waals surface area contributed by atoms with E-state index in [1.54, 1.807) is 0 Å². The summed E-state index contributed by atoms with van der Waals surface area (Å²) in [4.78, 5) is 45.6. The summed E-state index contributed by atoms with van der Waals surface area (Å²) < 4.78 is 26.6. The standard InChI is InChI=1S/C39H66NO10P/c1-3-5-7-9-11-13-15-16-17-18-19-20-21-22-24-26-28-30-37(42)40-36(39(44)45)34-50-51(46,47)49-33-35(41)32-48-38(43)31-29-27-25-23-14-12-10-8-6-4-2/h5,7,11,13,16-17,19-20,22,24,35-36,41H,3-4,6,8-10,12,14-15,18,21,23,25-34H2,1-2H3,(H,40,42)(H,44,45)(H,46,47)/b7-5-,13-11-,17-16-,20-19-,24-22-. The molecule has 1 amide bonds. The number of amides is 1. The highest BCUT2D eigenvalue weighted by Gasteiger charge is 2.28. The van der Waals surface area contributed by atoms with Gasteiger partial charge in [0.05, 0.1) is 13.2 Å². The number of carboxylic acids is 1. The molecule has 0 saturated carbocycles. The van der Waals surface area contributed by atoms with E-state index in [1.807, 2.05) is 12.2 Å². The van der Waals surface area contributed by atoms with Gasteiger partial charge in [-0.05, 0) is 51.4 Å². The molecule has 0 rings (SSSR count). The molecule has 0 aliphatic rings. The van der Waals surface area contributed by atoms with Crippen molar-refractivity contribution in [1.29, 1.82) is 0 Å². The molecular formula is C39H66NO10P. The number of carboxylic acid groups (broad SMARTS) is 1. The molecule has 3 atom stereocenters. The third-order valence-electron chi connectivity index (χ3n) is 7.57. The molecule has 0 aromatic heterocycles. The van der Waals surface area contributed by atoms with Gasteiger partial charge < -0.3 is 25.2 Å². The molecule has 4 N–H and O–H groups in total. The van der Waals surface area contributed by atoms with Gasteiger partial charge in [0, 0.05) is 12.8 Å². The van der Waals surface area contributed by atoms with Crippen LogP contribution < -0.4 is 5.32 Å². The van der Waals surface area contributed by atoms with Crippen LogP contribution in [0.1, 0.15) is 136 Å². The zero-order valence-electron chi connectivity index (χ0n) is 31.1. The number of allylic oxidation sites excluding steroid dienone is 10. The molecular weight excluding hydrogens is 673 g/mol. The second-order valence-electron chi connectivity index (χ2n) is 12.4. The van der Waals surface area contributed by atoms with Crippen LogP contribution in [-0.2, 0) is 32.7 Å². The molecule has 0 aliphatic heterocycles. The predicted molar refractivity (Wildman–Crippen MR) is 203 cm³/mol. The van der Waals surface area contributed by atoms with Gasteiger partial charge in [-0.2, -0.15) is 0 Å². The van der Waals surface area contributed by atoms with Gasteiger partial charge in [0.25, 0.3) is 0 Å². The molecule has 0 aromatic carbocycles. The van der Waals surface area contributed by atoms with E-state index in [2.05, 4.69) is 67.8 Å². The monoisotopic (exact) mass is 739 g/mol. The molecule has 0 saturated heterocycles. The maximum Gasteiger partial charge on any atom is 0.472 e. The van der Waals surface area contributed by atoms with Crippen LogP contribution in [0.3, 0.4) is 0 Å². The summed E-state index contributed by atoms with van der Waals surface area (Å²) in [5.74, 6) is -2.47. The van der Waals surface area contributed by atoms with Crippen LogP contribution in [0.5, 0.6) is 0 Å². The summed E-state index contributed by atoms with van der Waals surface area (Å²) in [5.41, 5.74) is 0. The number of ether oxygens (including phenoxy) is 1. The van der Waals surface area contributed by atoms with Gasteiger partial charge in [0.15, 0.2) is 6.04 Å². The number of rotatable bonds is 34. The van der Waals surface area contributed by atoms with Crippen LogP contribution in [0, 0.1) is 0 Å². The first kappa shape index (κ1) is 48.2. The summed E-state index contributed by atoms with van der Waals surface area (Å²) in [6, 6.07) is -1.58. The summed E-state index contributed by atoms with van der Waals surface area (Å²) in [6.07, 6.45) is 37.0. The molecule has 0 aliphatic carbocycles. The van der Waals surface area contributed by atoms with Crippen LogP contribution in [0.15, 0.2) is 60.8 Å². The van der Waals surface area contributed by atoms with E-state index >= 15 is 0 Å². The Morgan fingerprint density at radius 1 is 0.647 bits per heavy atom. The zero-order chi connectivity index (χ0) is 37.8. The number of aliphatic carboxylic acids is 1. The summed E-state index contributed by atoms with van der Waals surface area (Å²) >= 11 is 0. The average Bonchev–Trinajstić information content (AvgIpc) is 3.10. The number of phosphoric acid groups is 1. The van der Waals surface area contributed by atoms with E-state index in [0.717, 1.165) is 51.4 Å². The molecule has 0 heterocycles. The third-order valence-corrected chi connectivity index (χ3v) is 8.52. The number of esters is 1. The first-order chi connectivity index (χ1) is 24.6. The number of carbonyl (C=O) groups is 3. The molecule has 0 bridgehead atoms. The van der Waals surface area contributed by atoms with Gasteiger partial charge >= 0.3 is 19.8 Å². The van der Waals surface area contributed by atoms with E-state index in [1.165, 1.54) is 38.5 Å². The second kappa shape index (κ2) is 34.3. The lowest BCUT2D eigenvalue weighted by Crippen LogP contribution is -2.43. The Balaban J connectivity index is 4.09. The van der Waals surface area contributed by atoms with Crippen molar-refractivity contribution >= 4 is 25.7 Å². The maximum atomic E-state index is 12.2. The van der Waals surface area contributed by atoms with Crippen LogP contribution in [0.25, 0.3) is 0 Å². The molecule has 3 unspecified atom stereocenters. The van der Waals surface area contributed by atoms with Crippen molar-refractivity contribution in [3.63, 3.8) is 0 Å². The highest BCUT2D eigenvalue weighted by Crippen LogP contribution is 2.43. The minimum atomic E-state index is -4.76. The number of nitrogens with one attached hydrogen (secondary N) is 1. The lowest BCUT2D eigenvalue weighted by molar-refractivity contribution is -0.147. The fourth-order valence-corrected chi connectivity index (χ4v) is 5.42. The largest absolute Gasteiger partial charge is 0.480 e. The minimum Gasteiger partial charge on any atom is -0.480 e. The second-order valence-corrected chi connectivity index (χ2v) is 13.8. The zero-order valence-corrected chi connectivity index (χ0v) is 32.0. The first-order valence-electron chi connectivity index (χ1n) is 18.8. The predicted octanol–water partition coefficient (Wildman–Crippen LogP) is 8.83. The first-order valence-corrected chi connectivity index (χ1v) is 20.3. The Hall–Kier alpha value is -2.82. The molecule has 0 radical (unpaired) electrons. The molecule has 51 heavy (non-hydrogen) atoms. The molecule has 0 aromatic rings.